The van der Waals surface area contributed by atoms with E-state index in [2.05, 4.69) is 25.9 Å². The van der Waals surface area contributed by atoms with E-state index in [-0.39, 0.29) is 11.3 Å². The van der Waals surface area contributed by atoms with E-state index in [1.807, 2.05) is 35.7 Å². The number of hydrogen-bond acceptors (Lipinski definition) is 5. The lowest BCUT2D eigenvalue weighted by atomic mass is 10.1. The van der Waals surface area contributed by atoms with Gasteiger partial charge >= 0.3 is 0 Å². The van der Waals surface area contributed by atoms with Crippen LogP contribution in [0.1, 0.15) is 11.4 Å². The molecule has 0 bridgehead atoms. The Balaban J connectivity index is 1.73. The lowest BCUT2D eigenvalue weighted by Crippen LogP contribution is -2.09. The number of rotatable bonds is 4. The fourth-order valence-corrected chi connectivity index (χ4v) is 4.31. The van der Waals surface area contributed by atoms with Gasteiger partial charge in [0, 0.05) is 10.9 Å². The number of halogens is 1. The standard InChI is InChI=1S/C21H15BrN2O3S/c1-27-16-10-12(9-15(22)19(16)25)7-8-17-23-20(26)18-14(11-28-21(18)24-17)13-5-3-2-4-6-13/h2-11,25H,1H3,(H,23,24,26). The minimum atomic E-state index is -0.172. The SMILES string of the molecule is COc1cc(C=Cc2nc3scc(-c4ccccc4)c3c(=O)[nH]2)cc(Br)c1O. The number of aromatic amines is 1. The van der Waals surface area contributed by atoms with Gasteiger partial charge < -0.3 is 14.8 Å². The van der Waals surface area contributed by atoms with Crippen molar-refractivity contribution in [3.63, 3.8) is 0 Å². The van der Waals surface area contributed by atoms with E-state index >= 15 is 0 Å². The van der Waals surface area contributed by atoms with Crippen LogP contribution >= 0.6 is 27.3 Å². The molecule has 0 unspecified atom stereocenters. The molecule has 28 heavy (non-hydrogen) atoms. The first-order chi connectivity index (χ1) is 13.6. The molecule has 4 rings (SSSR count). The van der Waals surface area contributed by atoms with Crippen molar-refractivity contribution in [2.45, 2.75) is 0 Å². The van der Waals surface area contributed by atoms with Gasteiger partial charge in [-0.2, -0.15) is 0 Å². The molecule has 0 amide bonds. The Kier molecular flexibility index (Phi) is 5.02. The molecule has 0 aliphatic carbocycles. The maximum absolute atomic E-state index is 12.7. The Labute approximate surface area is 173 Å². The van der Waals surface area contributed by atoms with E-state index in [9.17, 15) is 9.90 Å². The molecule has 140 valence electrons. The van der Waals surface area contributed by atoms with Crippen molar-refractivity contribution < 1.29 is 9.84 Å². The Bertz CT molecular complexity index is 1250. The molecule has 2 aromatic carbocycles. The van der Waals surface area contributed by atoms with Gasteiger partial charge in [0.1, 0.15) is 10.7 Å². The molecule has 0 aliphatic rings. The van der Waals surface area contributed by atoms with Crippen LogP contribution in [0.5, 0.6) is 11.5 Å². The topological polar surface area (TPSA) is 75.2 Å². The molecule has 0 fully saturated rings. The van der Waals surface area contributed by atoms with E-state index in [4.69, 9.17) is 4.74 Å². The highest BCUT2D eigenvalue weighted by Gasteiger charge is 2.12. The minimum Gasteiger partial charge on any atom is -0.503 e. The lowest BCUT2D eigenvalue weighted by Gasteiger charge is -2.06. The molecule has 0 saturated heterocycles. The van der Waals surface area contributed by atoms with Crippen molar-refractivity contribution in [2.24, 2.45) is 0 Å². The normalized spacial score (nSPS) is 11.4. The number of aromatic hydroxyl groups is 1. The molecule has 0 saturated carbocycles. The Hall–Kier alpha value is -2.90. The van der Waals surface area contributed by atoms with Gasteiger partial charge in [0.05, 0.1) is 17.0 Å². The summed E-state index contributed by atoms with van der Waals surface area (Å²) in [7, 11) is 1.49. The first-order valence-corrected chi connectivity index (χ1v) is 10.1. The number of ether oxygens (including phenoxy) is 1. The van der Waals surface area contributed by atoms with E-state index < -0.39 is 0 Å². The van der Waals surface area contributed by atoms with Crippen LogP contribution in [-0.4, -0.2) is 22.2 Å². The highest BCUT2D eigenvalue weighted by Crippen LogP contribution is 2.35. The van der Waals surface area contributed by atoms with Crippen LogP contribution in [0.4, 0.5) is 0 Å². The molecular weight excluding hydrogens is 440 g/mol. The number of H-pyrrole nitrogens is 1. The monoisotopic (exact) mass is 454 g/mol. The van der Waals surface area contributed by atoms with Gasteiger partial charge in [-0.15, -0.1) is 11.3 Å². The first kappa shape index (κ1) is 18.5. The van der Waals surface area contributed by atoms with Crippen LogP contribution in [0, 0.1) is 0 Å². The summed E-state index contributed by atoms with van der Waals surface area (Å²) in [5.74, 6) is 0.860. The fraction of sp³-hybridized carbons (Fsp3) is 0.0476. The van der Waals surface area contributed by atoms with Gasteiger partial charge in [0.2, 0.25) is 0 Å². The zero-order valence-corrected chi connectivity index (χ0v) is 17.2. The number of nitrogens with zero attached hydrogens (tertiary/aromatic N) is 1. The van der Waals surface area contributed by atoms with Crippen molar-refractivity contribution in [3.05, 3.63) is 74.1 Å². The molecule has 5 nitrogen and oxygen atoms in total. The molecule has 4 aromatic rings. The summed E-state index contributed by atoms with van der Waals surface area (Å²) in [5, 5.41) is 12.5. The predicted molar refractivity (Wildman–Crippen MR) is 117 cm³/mol. The highest BCUT2D eigenvalue weighted by molar-refractivity contribution is 9.10. The highest BCUT2D eigenvalue weighted by atomic mass is 79.9. The molecular formula is C21H15BrN2O3S. The second-order valence-electron chi connectivity index (χ2n) is 6.03. The van der Waals surface area contributed by atoms with Crippen LogP contribution in [0.25, 0.3) is 33.5 Å². The third-order valence-corrected chi connectivity index (χ3v) is 5.73. The number of hydrogen-bond donors (Lipinski definition) is 2. The van der Waals surface area contributed by atoms with E-state index in [0.717, 1.165) is 16.7 Å². The van der Waals surface area contributed by atoms with Crippen molar-refractivity contribution >= 4 is 49.6 Å². The largest absolute Gasteiger partial charge is 0.503 e. The van der Waals surface area contributed by atoms with Crippen LogP contribution in [-0.2, 0) is 0 Å². The van der Waals surface area contributed by atoms with E-state index in [1.165, 1.54) is 18.4 Å². The summed E-state index contributed by atoms with van der Waals surface area (Å²) >= 11 is 4.74. The summed E-state index contributed by atoms with van der Waals surface area (Å²) in [5.41, 5.74) is 2.50. The molecule has 0 atom stereocenters. The van der Waals surface area contributed by atoms with Gasteiger partial charge in [-0.1, -0.05) is 36.4 Å². The van der Waals surface area contributed by atoms with Gasteiger partial charge in [-0.25, -0.2) is 4.98 Å². The molecule has 7 heteroatoms. The van der Waals surface area contributed by atoms with Gasteiger partial charge in [0.15, 0.2) is 11.5 Å². The zero-order valence-electron chi connectivity index (χ0n) is 14.8. The number of thiophene rings is 1. The summed E-state index contributed by atoms with van der Waals surface area (Å²) < 4.78 is 5.68. The summed E-state index contributed by atoms with van der Waals surface area (Å²) in [6.07, 6.45) is 3.52. The number of nitrogens with one attached hydrogen (secondary N) is 1. The van der Waals surface area contributed by atoms with Crippen LogP contribution in [0.15, 0.2) is 57.1 Å². The van der Waals surface area contributed by atoms with Crippen LogP contribution in [0.2, 0.25) is 0 Å². The van der Waals surface area contributed by atoms with Crippen molar-refractivity contribution in [2.75, 3.05) is 7.11 Å². The number of aromatic nitrogens is 2. The van der Waals surface area contributed by atoms with Crippen LogP contribution in [0.3, 0.4) is 0 Å². The molecule has 0 spiro atoms. The molecule has 2 heterocycles. The summed E-state index contributed by atoms with van der Waals surface area (Å²) in [4.78, 5) is 20.8. The van der Waals surface area contributed by atoms with E-state index in [1.54, 1.807) is 24.3 Å². The van der Waals surface area contributed by atoms with Gasteiger partial charge in [-0.05, 0) is 45.3 Å². The fourth-order valence-electron chi connectivity index (χ4n) is 2.90. The lowest BCUT2D eigenvalue weighted by molar-refractivity contribution is 0.372. The number of benzene rings is 2. The summed E-state index contributed by atoms with van der Waals surface area (Å²) in [6, 6.07) is 13.2. The minimum absolute atomic E-state index is 0.0413. The van der Waals surface area contributed by atoms with Crippen molar-refractivity contribution in [1.29, 1.82) is 0 Å². The zero-order chi connectivity index (χ0) is 19.7. The van der Waals surface area contributed by atoms with Gasteiger partial charge in [0.25, 0.3) is 5.56 Å². The Morgan fingerprint density at radius 1 is 1.21 bits per heavy atom. The second kappa shape index (κ2) is 7.61. The average molecular weight is 455 g/mol. The third kappa shape index (κ3) is 3.46. The number of phenolic OH excluding ortho intramolecular Hbond substituents is 1. The van der Waals surface area contributed by atoms with Crippen LogP contribution < -0.4 is 10.3 Å². The maximum Gasteiger partial charge on any atom is 0.260 e. The first-order valence-electron chi connectivity index (χ1n) is 8.38. The smallest absolute Gasteiger partial charge is 0.260 e. The number of methoxy groups -OCH3 is 1. The Morgan fingerprint density at radius 2 is 2.00 bits per heavy atom. The quantitative estimate of drug-likeness (QED) is 0.438. The maximum atomic E-state index is 12.7. The Morgan fingerprint density at radius 3 is 2.75 bits per heavy atom. The molecule has 0 aliphatic heterocycles. The molecule has 2 aromatic heterocycles. The number of phenols is 1. The van der Waals surface area contributed by atoms with E-state index in [0.29, 0.717) is 26.3 Å². The van der Waals surface area contributed by atoms with Crippen molar-refractivity contribution in [3.8, 4) is 22.6 Å². The predicted octanol–water partition coefficient (Wildman–Crippen LogP) is 5.30. The van der Waals surface area contributed by atoms with Crippen molar-refractivity contribution in [1.82, 2.24) is 9.97 Å². The van der Waals surface area contributed by atoms with Gasteiger partial charge in [-0.3, -0.25) is 4.79 Å². The third-order valence-electron chi connectivity index (χ3n) is 4.25. The molecule has 2 N–H and O–H groups in total. The average Bonchev–Trinajstić information content (AvgIpc) is 3.14. The second-order valence-corrected chi connectivity index (χ2v) is 7.75. The summed E-state index contributed by atoms with van der Waals surface area (Å²) in [6.45, 7) is 0. The number of fused-ring (bicyclic) bond motifs is 1. The molecule has 0 radical (unpaired) electrons.